The van der Waals surface area contributed by atoms with Gasteiger partial charge in [0.25, 0.3) is 0 Å². The molecule has 6 nitrogen and oxygen atoms in total. The maximum Gasteiger partial charge on any atom is 0.303 e. The Kier molecular flexibility index (Phi) is 3.56. The lowest BCUT2D eigenvalue weighted by Crippen LogP contribution is -2.48. The Labute approximate surface area is 118 Å². The molecule has 1 aromatic heterocycles. The van der Waals surface area contributed by atoms with Crippen molar-refractivity contribution in [3.05, 3.63) is 18.5 Å². The van der Waals surface area contributed by atoms with Gasteiger partial charge in [-0.25, -0.2) is 9.97 Å². The molecule has 1 saturated carbocycles. The van der Waals surface area contributed by atoms with Crippen LogP contribution in [0.2, 0.25) is 0 Å². The zero-order valence-corrected chi connectivity index (χ0v) is 11.5. The fourth-order valence-electron chi connectivity index (χ4n) is 2.92. The topological polar surface area (TPSA) is 69.6 Å². The van der Waals surface area contributed by atoms with Gasteiger partial charge in [-0.1, -0.05) is 0 Å². The number of carboxylic acids is 1. The second kappa shape index (κ2) is 5.36. The summed E-state index contributed by atoms with van der Waals surface area (Å²) in [5, 5.41) is 8.97. The van der Waals surface area contributed by atoms with Gasteiger partial charge in [-0.2, -0.15) is 0 Å². The van der Waals surface area contributed by atoms with E-state index in [1.54, 1.807) is 12.4 Å². The van der Waals surface area contributed by atoms with Crippen LogP contribution in [-0.4, -0.2) is 58.7 Å². The number of nitrogens with zero attached hydrogens (tertiary/aromatic N) is 4. The van der Waals surface area contributed by atoms with E-state index in [-0.39, 0.29) is 5.41 Å². The van der Waals surface area contributed by atoms with E-state index in [1.165, 1.54) is 0 Å². The molecule has 2 aliphatic rings. The van der Waals surface area contributed by atoms with Crippen LogP contribution in [0.15, 0.2) is 18.5 Å². The van der Waals surface area contributed by atoms with Gasteiger partial charge in [-0.15, -0.1) is 0 Å². The Morgan fingerprint density at radius 2 is 1.85 bits per heavy atom. The van der Waals surface area contributed by atoms with E-state index in [0.29, 0.717) is 6.42 Å². The molecule has 0 radical (unpaired) electrons. The summed E-state index contributed by atoms with van der Waals surface area (Å²) in [5.74, 6) is 0.123. The molecule has 2 fully saturated rings. The third kappa shape index (κ3) is 3.07. The van der Waals surface area contributed by atoms with Crippen molar-refractivity contribution >= 4 is 11.9 Å². The summed E-state index contributed by atoms with van der Waals surface area (Å²) in [7, 11) is 0. The molecule has 1 N–H and O–H groups in total. The van der Waals surface area contributed by atoms with Crippen LogP contribution in [0.25, 0.3) is 0 Å². The van der Waals surface area contributed by atoms with Crippen molar-refractivity contribution in [2.24, 2.45) is 5.41 Å². The van der Waals surface area contributed by atoms with Crippen LogP contribution < -0.4 is 4.90 Å². The lowest BCUT2D eigenvalue weighted by molar-refractivity contribution is -0.138. The molecule has 1 saturated heterocycles. The molecule has 0 aromatic carbocycles. The van der Waals surface area contributed by atoms with Crippen LogP contribution in [0.5, 0.6) is 0 Å². The highest BCUT2D eigenvalue weighted by Gasteiger charge is 2.45. The SMILES string of the molecule is O=C(O)CC1(CN2CCN(c3ncccn3)CC2)CC1. The molecule has 2 heterocycles. The predicted octanol–water partition coefficient (Wildman–Crippen LogP) is 0.853. The van der Waals surface area contributed by atoms with Gasteiger partial charge in [-0.3, -0.25) is 9.69 Å². The smallest absolute Gasteiger partial charge is 0.303 e. The van der Waals surface area contributed by atoms with Crippen LogP contribution in [0.1, 0.15) is 19.3 Å². The highest BCUT2D eigenvalue weighted by Crippen LogP contribution is 2.49. The number of hydrogen-bond donors (Lipinski definition) is 1. The quantitative estimate of drug-likeness (QED) is 0.860. The number of anilines is 1. The Bertz CT molecular complexity index is 467. The highest BCUT2D eigenvalue weighted by molar-refractivity contribution is 5.68. The van der Waals surface area contributed by atoms with E-state index >= 15 is 0 Å². The number of carbonyl (C=O) groups is 1. The van der Waals surface area contributed by atoms with Gasteiger partial charge in [0, 0.05) is 45.1 Å². The average molecular weight is 276 g/mol. The van der Waals surface area contributed by atoms with E-state index < -0.39 is 5.97 Å². The van der Waals surface area contributed by atoms with Gasteiger partial charge in [0.15, 0.2) is 0 Å². The van der Waals surface area contributed by atoms with E-state index in [4.69, 9.17) is 5.11 Å². The normalized spacial score (nSPS) is 21.7. The molecule has 3 rings (SSSR count). The van der Waals surface area contributed by atoms with Gasteiger partial charge in [0.1, 0.15) is 0 Å². The molecule has 108 valence electrons. The number of hydrogen-bond acceptors (Lipinski definition) is 5. The third-order valence-corrected chi connectivity index (χ3v) is 4.25. The van der Waals surface area contributed by atoms with Gasteiger partial charge in [0.05, 0.1) is 6.42 Å². The number of aliphatic carboxylic acids is 1. The molecule has 1 aliphatic carbocycles. The second-order valence-electron chi connectivity index (χ2n) is 5.88. The Morgan fingerprint density at radius 1 is 1.20 bits per heavy atom. The lowest BCUT2D eigenvalue weighted by Gasteiger charge is -2.36. The number of carboxylic acid groups (broad SMARTS) is 1. The highest BCUT2D eigenvalue weighted by atomic mass is 16.4. The lowest BCUT2D eigenvalue weighted by atomic mass is 10.0. The van der Waals surface area contributed by atoms with Crippen molar-refractivity contribution in [1.29, 1.82) is 0 Å². The van der Waals surface area contributed by atoms with Crippen molar-refractivity contribution < 1.29 is 9.90 Å². The fourth-order valence-corrected chi connectivity index (χ4v) is 2.92. The molecule has 0 amide bonds. The molecular weight excluding hydrogens is 256 g/mol. The zero-order valence-electron chi connectivity index (χ0n) is 11.5. The van der Waals surface area contributed by atoms with Gasteiger partial charge < -0.3 is 10.0 Å². The van der Waals surface area contributed by atoms with Gasteiger partial charge in [0.2, 0.25) is 5.95 Å². The molecule has 0 bridgehead atoms. The van der Waals surface area contributed by atoms with Crippen molar-refractivity contribution in [3.63, 3.8) is 0 Å². The maximum absolute atomic E-state index is 10.9. The van der Waals surface area contributed by atoms with E-state index in [0.717, 1.165) is 51.5 Å². The monoisotopic (exact) mass is 276 g/mol. The minimum Gasteiger partial charge on any atom is -0.481 e. The second-order valence-corrected chi connectivity index (χ2v) is 5.88. The Morgan fingerprint density at radius 3 is 2.40 bits per heavy atom. The summed E-state index contributed by atoms with van der Waals surface area (Å²) in [4.78, 5) is 24.0. The van der Waals surface area contributed by atoms with Crippen molar-refractivity contribution in [2.45, 2.75) is 19.3 Å². The molecule has 0 spiro atoms. The summed E-state index contributed by atoms with van der Waals surface area (Å²) in [6, 6.07) is 1.82. The number of piperazine rings is 1. The third-order valence-electron chi connectivity index (χ3n) is 4.25. The molecule has 1 aromatic rings. The minimum atomic E-state index is -0.668. The predicted molar refractivity (Wildman–Crippen MR) is 74.6 cm³/mol. The summed E-state index contributed by atoms with van der Waals surface area (Å²) in [6.45, 7) is 4.66. The first-order chi connectivity index (χ1) is 9.67. The first kappa shape index (κ1) is 13.3. The number of aromatic nitrogens is 2. The maximum atomic E-state index is 10.9. The number of rotatable bonds is 5. The van der Waals surface area contributed by atoms with Crippen LogP contribution in [0.3, 0.4) is 0 Å². The van der Waals surface area contributed by atoms with Gasteiger partial charge in [-0.05, 0) is 24.3 Å². The van der Waals surface area contributed by atoms with Gasteiger partial charge >= 0.3 is 5.97 Å². The molecule has 20 heavy (non-hydrogen) atoms. The summed E-state index contributed by atoms with van der Waals surface area (Å²) >= 11 is 0. The fraction of sp³-hybridized carbons (Fsp3) is 0.643. The Hall–Kier alpha value is -1.69. The zero-order chi connectivity index (χ0) is 14.0. The van der Waals surface area contributed by atoms with Crippen LogP contribution in [-0.2, 0) is 4.79 Å². The molecule has 6 heteroatoms. The molecule has 1 aliphatic heterocycles. The van der Waals surface area contributed by atoms with E-state index in [2.05, 4.69) is 19.8 Å². The molecule has 0 atom stereocenters. The summed E-state index contributed by atoms with van der Waals surface area (Å²) in [5.41, 5.74) is 0.0528. The van der Waals surface area contributed by atoms with Crippen LogP contribution in [0.4, 0.5) is 5.95 Å². The van der Waals surface area contributed by atoms with Crippen molar-refractivity contribution in [2.75, 3.05) is 37.6 Å². The van der Waals surface area contributed by atoms with Crippen molar-refractivity contribution in [3.8, 4) is 0 Å². The molecular formula is C14H20N4O2. The van der Waals surface area contributed by atoms with Crippen LogP contribution >= 0.6 is 0 Å². The van der Waals surface area contributed by atoms with Crippen LogP contribution in [0, 0.1) is 5.41 Å². The summed E-state index contributed by atoms with van der Waals surface area (Å²) < 4.78 is 0. The minimum absolute atomic E-state index is 0.0528. The Balaban J connectivity index is 1.51. The standard InChI is InChI=1S/C14H20N4O2/c19-12(20)10-14(2-3-14)11-17-6-8-18(9-7-17)13-15-4-1-5-16-13/h1,4-5H,2-3,6-11H2,(H,19,20). The first-order valence-electron chi connectivity index (χ1n) is 7.13. The van der Waals surface area contributed by atoms with E-state index in [9.17, 15) is 4.79 Å². The largest absolute Gasteiger partial charge is 0.481 e. The summed E-state index contributed by atoms with van der Waals surface area (Å²) in [6.07, 6.45) is 5.96. The van der Waals surface area contributed by atoms with Crippen molar-refractivity contribution in [1.82, 2.24) is 14.9 Å². The molecule has 0 unspecified atom stereocenters. The van der Waals surface area contributed by atoms with E-state index in [1.807, 2.05) is 6.07 Å². The first-order valence-corrected chi connectivity index (χ1v) is 7.13. The average Bonchev–Trinajstić information content (AvgIpc) is 3.19.